The number of pyridine rings is 1. The molecule has 0 atom stereocenters. The molecule has 0 aliphatic heterocycles. The molecule has 2 N–H and O–H groups in total. The molecule has 174 valence electrons. The van der Waals surface area contributed by atoms with Crippen LogP contribution in [0.3, 0.4) is 0 Å². The third-order valence-electron chi connectivity index (χ3n) is 5.29. The van der Waals surface area contributed by atoms with E-state index < -0.39 is 0 Å². The summed E-state index contributed by atoms with van der Waals surface area (Å²) < 4.78 is 1.95. The van der Waals surface area contributed by atoms with Gasteiger partial charge in [-0.05, 0) is 62.7 Å². The Morgan fingerprint density at radius 1 is 0.771 bits per heavy atom. The van der Waals surface area contributed by atoms with Crippen molar-refractivity contribution in [3.8, 4) is 22.6 Å². The van der Waals surface area contributed by atoms with Crippen LogP contribution in [0.5, 0.6) is 0 Å². The van der Waals surface area contributed by atoms with Crippen LogP contribution < -0.4 is 10.6 Å². The molecule has 4 heterocycles. The topological polar surface area (TPSA) is 106 Å². The minimum Gasteiger partial charge on any atom is -0.325 e. The van der Waals surface area contributed by atoms with E-state index in [0.717, 1.165) is 28.2 Å². The molecule has 9 nitrogen and oxygen atoms in total. The molecule has 5 rings (SSSR count). The molecule has 0 spiro atoms. The predicted molar refractivity (Wildman–Crippen MR) is 137 cm³/mol. The van der Waals surface area contributed by atoms with Gasteiger partial charge in [0.25, 0.3) is 0 Å². The van der Waals surface area contributed by atoms with Crippen LogP contribution in [0.15, 0.2) is 79.4 Å². The number of hydrogen-bond acceptors (Lipinski definition) is 8. The second-order valence-electron chi connectivity index (χ2n) is 8.33. The average Bonchev–Trinajstić information content (AvgIpc) is 3.36. The van der Waals surface area contributed by atoms with Crippen LogP contribution >= 0.6 is 0 Å². The molecule has 0 unspecified atom stereocenters. The second-order valence-corrected chi connectivity index (χ2v) is 8.33. The molecule has 0 bridgehead atoms. The van der Waals surface area contributed by atoms with Gasteiger partial charge in [0, 0.05) is 41.6 Å². The van der Waals surface area contributed by atoms with Crippen LogP contribution in [0.2, 0.25) is 0 Å². The summed E-state index contributed by atoms with van der Waals surface area (Å²) in [6.07, 6.45) is 7.32. The van der Waals surface area contributed by atoms with E-state index in [1.165, 1.54) is 0 Å². The van der Waals surface area contributed by atoms with Gasteiger partial charge in [0.2, 0.25) is 5.95 Å². The van der Waals surface area contributed by atoms with Crippen molar-refractivity contribution in [1.29, 1.82) is 0 Å². The van der Waals surface area contributed by atoms with Crippen molar-refractivity contribution in [3.05, 3.63) is 85.1 Å². The second kappa shape index (κ2) is 9.68. The van der Waals surface area contributed by atoms with Gasteiger partial charge >= 0.3 is 0 Å². The Bertz CT molecular complexity index is 1440. The maximum absolute atomic E-state index is 4.57. The van der Waals surface area contributed by atoms with Gasteiger partial charge in [-0.15, -0.1) is 0 Å². The quantitative estimate of drug-likeness (QED) is 0.323. The highest BCUT2D eigenvalue weighted by atomic mass is 15.3. The summed E-state index contributed by atoms with van der Waals surface area (Å²) >= 11 is 0. The molecule has 1 aromatic carbocycles. The van der Waals surface area contributed by atoms with E-state index in [4.69, 9.17) is 0 Å². The number of hydrogen-bond donors (Lipinski definition) is 2. The van der Waals surface area contributed by atoms with Crippen LogP contribution in [0, 0.1) is 6.92 Å². The zero-order valence-electron chi connectivity index (χ0n) is 19.7. The number of anilines is 4. The first kappa shape index (κ1) is 22.1. The van der Waals surface area contributed by atoms with E-state index in [9.17, 15) is 0 Å². The molecule has 0 fully saturated rings. The van der Waals surface area contributed by atoms with Crippen molar-refractivity contribution in [3.63, 3.8) is 0 Å². The maximum atomic E-state index is 4.57. The monoisotopic (exact) mass is 463 g/mol. The molecule has 0 saturated carbocycles. The number of benzene rings is 1. The number of rotatable bonds is 7. The highest BCUT2D eigenvalue weighted by Crippen LogP contribution is 2.24. The van der Waals surface area contributed by atoms with Gasteiger partial charge in [-0.25, -0.2) is 19.9 Å². The van der Waals surface area contributed by atoms with E-state index in [2.05, 4.69) is 60.7 Å². The zero-order valence-corrected chi connectivity index (χ0v) is 19.7. The van der Waals surface area contributed by atoms with Crippen LogP contribution in [-0.4, -0.2) is 34.7 Å². The molecule has 4 aromatic heterocycles. The van der Waals surface area contributed by atoms with Crippen molar-refractivity contribution < 1.29 is 0 Å². The van der Waals surface area contributed by atoms with Crippen molar-refractivity contribution in [2.45, 2.75) is 26.8 Å². The largest absolute Gasteiger partial charge is 0.325 e. The van der Waals surface area contributed by atoms with E-state index in [1.807, 2.05) is 60.3 Å². The van der Waals surface area contributed by atoms with Crippen LogP contribution in [0.1, 0.15) is 25.6 Å². The summed E-state index contributed by atoms with van der Waals surface area (Å²) in [5.74, 6) is 2.26. The van der Waals surface area contributed by atoms with Crippen molar-refractivity contribution in [1.82, 2.24) is 34.7 Å². The van der Waals surface area contributed by atoms with Crippen molar-refractivity contribution in [2.75, 3.05) is 10.6 Å². The lowest BCUT2D eigenvalue weighted by Gasteiger charge is -2.09. The van der Waals surface area contributed by atoms with E-state index >= 15 is 0 Å². The lowest BCUT2D eigenvalue weighted by molar-refractivity contribution is 0.532. The summed E-state index contributed by atoms with van der Waals surface area (Å²) in [6.45, 7) is 6.16. The predicted octanol–water partition coefficient (Wildman–Crippen LogP) is 5.57. The summed E-state index contributed by atoms with van der Waals surface area (Å²) in [5, 5.41) is 10.9. The maximum Gasteiger partial charge on any atom is 0.229 e. The molecule has 0 aliphatic rings. The first-order valence-electron chi connectivity index (χ1n) is 11.3. The molecular weight excluding hydrogens is 438 g/mol. The first-order chi connectivity index (χ1) is 17.0. The fourth-order valence-corrected chi connectivity index (χ4v) is 3.48. The van der Waals surface area contributed by atoms with Crippen molar-refractivity contribution >= 4 is 23.3 Å². The molecule has 9 heteroatoms. The Morgan fingerprint density at radius 3 is 2.29 bits per heavy atom. The standard InChI is InChI=1S/C26H25N9/c1-17(2)35-16-20(15-29-35)19-7-9-21(10-8-19)31-26-28-14-12-24(34-26)32-23-11-13-27-25(33-23)22-6-4-5-18(3)30-22/h4-17H,1-3H3,(H2,27,28,31,32,33,34). The van der Waals surface area contributed by atoms with Gasteiger partial charge in [-0.3, -0.25) is 4.68 Å². The molecule has 0 radical (unpaired) electrons. The third kappa shape index (κ3) is 5.30. The number of nitrogens with one attached hydrogen (secondary N) is 2. The molecule has 0 aliphatic carbocycles. The lowest BCUT2D eigenvalue weighted by atomic mass is 10.1. The van der Waals surface area contributed by atoms with Gasteiger partial charge in [0.15, 0.2) is 5.82 Å². The van der Waals surface area contributed by atoms with Crippen LogP contribution in [0.4, 0.5) is 23.3 Å². The van der Waals surface area contributed by atoms with Gasteiger partial charge in [-0.1, -0.05) is 18.2 Å². The summed E-state index contributed by atoms with van der Waals surface area (Å²) in [4.78, 5) is 22.3. The fraction of sp³-hybridized carbons (Fsp3) is 0.154. The Kier molecular flexibility index (Phi) is 6.13. The molecule has 35 heavy (non-hydrogen) atoms. The Balaban J connectivity index is 1.28. The highest BCUT2D eigenvalue weighted by molar-refractivity contribution is 5.66. The van der Waals surface area contributed by atoms with Gasteiger partial charge in [0.05, 0.1) is 6.20 Å². The van der Waals surface area contributed by atoms with Gasteiger partial charge in [0.1, 0.15) is 17.3 Å². The molecule has 5 aromatic rings. The minimum atomic E-state index is 0.330. The highest BCUT2D eigenvalue weighted by Gasteiger charge is 2.08. The van der Waals surface area contributed by atoms with Gasteiger partial charge in [-0.2, -0.15) is 10.1 Å². The smallest absolute Gasteiger partial charge is 0.229 e. The number of aryl methyl sites for hydroxylation is 1. The summed E-state index contributed by atoms with van der Waals surface area (Å²) in [7, 11) is 0. The van der Waals surface area contributed by atoms with E-state index in [-0.39, 0.29) is 0 Å². The fourth-order valence-electron chi connectivity index (χ4n) is 3.48. The van der Waals surface area contributed by atoms with E-state index in [1.54, 1.807) is 24.5 Å². The summed E-state index contributed by atoms with van der Waals surface area (Å²) in [6, 6.07) is 17.8. The van der Waals surface area contributed by atoms with Crippen molar-refractivity contribution in [2.24, 2.45) is 0 Å². The van der Waals surface area contributed by atoms with Gasteiger partial charge < -0.3 is 10.6 Å². The lowest BCUT2D eigenvalue weighted by Crippen LogP contribution is -2.02. The number of nitrogens with zero attached hydrogens (tertiary/aromatic N) is 7. The minimum absolute atomic E-state index is 0.330. The normalized spacial score (nSPS) is 11.0. The van der Waals surface area contributed by atoms with Crippen LogP contribution in [0.25, 0.3) is 22.6 Å². The SMILES string of the molecule is Cc1cccc(-c2nccc(Nc3ccnc(Nc4ccc(-c5cnn(C(C)C)c5)cc4)n3)n2)n1. The average molecular weight is 464 g/mol. The molecule has 0 amide bonds. The molecular formula is C26H25N9. The first-order valence-corrected chi connectivity index (χ1v) is 11.3. The Labute approximate surface area is 203 Å². The van der Waals surface area contributed by atoms with Crippen LogP contribution in [-0.2, 0) is 0 Å². The third-order valence-corrected chi connectivity index (χ3v) is 5.29. The zero-order chi connectivity index (χ0) is 24.2. The molecule has 0 saturated heterocycles. The Hall–Kier alpha value is -4.66. The Morgan fingerprint density at radius 2 is 1.54 bits per heavy atom. The van der Waals surface area contributed by atoms with E-state index in [0.29, 0.717) is 29.5 Å². The number of aromatic nitrogens is 7. The summed E-state index contributed by atoms with van der Waals surface area (Å²) in [5.41, 5.74) is 4.70.